The predicted molar refractivity (Wildman–Crippen MR) is 76.0 cm³/mol. The summed E-state index contributed by atoms with van der Waals surface area (Å²) in [5.74, 6) is -0.229. The van der Waals surface area contributed by atoms with Gasteiger partial charge < -0.3 is 20.3 Å². The molecular formula is C12H20N8O3+2. The number of nitrogens with one attached hydrogen (secondary N) is 2. The summed E-state index contributed by atoms with van der Waals surface area (Å²) in [5.41, 5.74) is 6.48. The number of hydrogen-bond acceptors (Lipinski definition) is 8. The molecule has 1 aliphatic heterocycles. The van der Waals surface area contributed by atoms with Crippen LogP contribution in [0.3, 0.4) is 0 Å². The van der Waals surface area contributed by atoms with E-state index in [2.05, 4.69) is 32.3 Å². The number of ether oxygens (including phenoxy) is 1. The molecule has 0 bridgehead atoms. The van der Waals surface area contributed by atoms with Gasteiger partial charge in [0.25, 0.3) is 0 Å². The molecule has 0 atom stereocenters. The van der Waals surface area contributed by atoms with E-state index in [1.54, 1.807) is 0 Å². The number of methoxy groups -OCH3 is 1. The number of likely N-dealkylation sites (N-methyl/N-ethyl adjacent to an activating group) is 1. The van der Waals surface area contributed by atoms with E-state index in [1.807, 2.05) is 0 Å². The van der Waals surface area contributed by atoms with Crippen LogP contribution >= 0.6 is 0 Å². The lowest BCUT2D eigenvalue weighted by Gasteiger charge is -2.27. The highest BCUT2D eigenvalue weighted by atomic mass is 16.6. The molecule has 2 aromatic heterocycles. The van der Waals surface area contributed by atoms with Crippen LogP contribution in [0.1, 0.15) is 16.2 Å². The molecule has 4 N–H and O–H groups in total. The maximum Gasteiger partial charge on any atom is 0.360 e. The van der Waals surface area contributed by atoms with Gasteiger partial charge in [-0.05, 0) is 10.3 Å². The zero-order valence-corrected chi connectivity index (χ0v) is 13.1. The standard InChI is InChI=1S/C12H18N8O3/c1-18-3-5-19(6-4-18)7-8-9(12(21)22-2)14-17-20(8)11-10(13)15-23-16-11/h3-7H2,1-2H3,(H2,13,15)/p+2. The van der Waals surface area contributed by atoms with Crippen LogP contribution in [0.4, 0.5) is 5.82 Å². The predicted octanol–water partition coefficient (Wildman–Crippen LogP) is -4.07. The molecule has 0 amide bonds. The molecule has 1 aliphatic rings. The maximum absolute atomic E-state index is 12.0. The minimum absolute atomic E-state index is 0.0883. The van der Waals surface area contributed by atoms with Gasteiger partial charge in [0.1, 0.15) is 38.4 Å². The van der Waals surface area contributed by atoms with Crippen molar-refractivity contribution in [2.24, 2.45) is 0 Å². The number of nitrogens with two attached hydrogens (primary N) is 1. The summed E-state index contributed by atoms with van der Waals surface area (Å²) in [5, 5.41) is 15.2. The number of aromatic nitrogens is 5. The largest absolute Gasteiger partial charge is 0.464 e. The van der Waals surface area contributed by atoms with Gasteiger partial charge in [-0.1, -0.05) is 5.21 Å². The SMILES string of the molecule is COC(=O)c1nnn(-c2nonc2N)c1C[NH+]1CC[NH+](C)CC1. The quantitative estimate of drug-likeness (QED) is 0.484. The highest BCUT2D eigenvalue weighted by Gasteiger charge is 2.29. The summed E-state index contributed by atoms with van der Waals surface area (Å²) >= 11 is 0. The zero-order chi connectivity index (χ0) is 16.4. The summed E-state index contributed by atoms with van der Waals surface area (Å²) in [6.45, 7) is 4.68. The Balaban J connectivity index is 1.93. The fraction of sp³-hybridized carbons (Fsp3) is 0.583. The van der Waals surface area contributed by atoms with E-state index in [0.29, 0.717) is 12.2 Å². The van der Waals surface area contributed by atoms with Gasteiger partial charge in [-0.3, -0.25) is 0 Å². The molecule has 0 saturated carbocycles. The maximum atomic E-state index is 12.0. The average molecular weight is 324 g/mol. The van der Waals surface area contributed by atoms with Crippen LogP contribution in [0.2, 0.25) is 0 Å². The first-order chi connectivity index (χ1) is 11.1. The Morgan fingerprint density at radius 2 is 2.09 bits per heavy atom. The minimum Gasteiger partial charge on any atom is -0.464 e. The molecule has 0 aromatic carbocycles. The number of nitrogens with zero attached hydrogens (tertiary/aromatic N) is 5. The molecule has 1 saturated heterocycles. The third-order valence-corrected chi connectivity index (χ3v) is 4.07. The lowest BCUT2D eigenvalue weighted by atomic mass is 10.2. The van der Waals surface area contributed by atoms with Crippen LogP contribution in [0.5, 0.6) is 0 Å². The Morgan fingerprint density at radius 1 is 1.35 bits per heavy atom. The van der Waals surface area contributed by atoms with Gasteiger partial charge in [0.05, 0.1) is 14.2 Å². The van der Waals surface area contributed by atoms with E-state index < -0.39 is 5.97 Å². The number of nitrogen functional groups attached to an aromatic ring is 1. The van der Waals surface area contributed by atoms with Gasteiger partial charge in [-0.2, -0.15) is 4.68 Å². The molecule has 0 spiro atoms. The number of rotatable bonds is 4. The van der Waals surface area contributed by atoms with Gasteiger partial charge in [0, 0.05) is 0 Å². The first-order valence-electron chi connectivity index (χ1n) is 7.36. The van der Waals surface area contributed by atoms with E-state index in [1.165, 1.54) is 21.6 Å². The molecule has 11 nitrogen and oxygen atoms in total. The van der Waals surface area contributed by atoms with Crippen LogP contribution in [0, 0.1) is 0 Å². The Hall–Kier alpha value is -2.53. The van der Waals surface area contributed by atoms with Gasteiger partial charge in [-0.25, -0.2) is 9.42 Å². The van der Waals surface area contributed by atoms with Gasteiger partial charge in [0.15, 0.2) is 5.69 Å². The third-order valence-electron chi connectivity index (χ3n) is 4.07. The first-order valence-corrected chi connectivity index (χ1v) is 7.36. The number of esters is 1. The second-order valence-corrected chi connectivity index (χ2v) is 5.65. The zero-order valence-electron chi connectivity index (χ0n) is 13.1. The number of carbonyl (C=O) groups excluding carboxylic acids is 1. The van der Waals surface area contributed by atoms with Crippen LogP contribution in [-0.2, 0) is 11.3 Å². The van der Waals surface area contributed by atoms with Crippen molar-refractivity contribution in [1.29, 1.82) is 0 Å². The van der Waals surface area contributed by atoms with Crippen molar-refractivity contribution in [1.82, 2.24) is 25.3 Å². The Kier molecular flexibility index (Phi) is 4.21. The fourth-order valence-electron chi connectivity index (χ4n) is 2.67. The summed E-state index contributed by atoms with van der Waals surface area (Å²) < 4.78 is 10.8. The minimum atomic E-state index is -0.541. The summed E-state index contributed by atoms with van der Waals surface area (Å²) in [6.07, 6.45) is 0. The third kappa shape index (κ3) is 3.00. The van der Waals surface area contributed by atoms with Gasteiger partial charge in [0.2, 0.25) is 11.6 Å². The first kappa shape index (κ1) is 15.4. The fourth-order valence-corrected chi connectivity index (χ4v) is 2.67. The second-order valence-electron chi connectivity index (χ2n) is 5.65. The number of hydrogen-bond donors (Lipinski definition) is 3. The topological polar surface area (TPSA) is 131 Å². The van der Waals surface area contributed by atoms with Gasteiger partial charge in [-0.15, -0.1) is 5.10 Å². The lowest BCUT2D eigenvalue weighted by molar-refractivity contribution is -1.01. The Morgan fingerprint density at radius 3 is 2.70 bits per heavy atom. The van der Waals surface area contributed by atoms with Crippen LogP contribution < -0.4 is 15.5 Å². The number of quaternary nitrogens is 2. The van der Waals surface area contributed by atoms with E-state index in [-0.39, 0.29) is 17.3 Å². The van der Waals surface area contributed by atoms with Crippen molar-refractivity contribution in [3.8, 4) is 5.82 Å². The molecule has 0 unspecified atom stereocenters. The van der Waals surface area contributed by atoms with Crippen LogP contribution in [0.25, 0.3) is 5.82 Å². The molecule has 3 rings (SSSR count). The second kappa shape index (κ2) is 6.30. The van der Waals surface area contributed by atoms with Crippen molar-refractivity contribution >= 4 is 11.8 Å². The molecule has 0 aliphatic carbocycles. The summed E-state index contributed by atoms with van der Waals surface area (Å²) in [7, 11) is 3.48. The Labute approximate surface area is 131 Å². The molecule has 124 valence electrons. The van der Waals surface area contributed by atoms with Crippen LogP contribution in [-0.4, -0.2) is 71.6 Å². The molecule has 3 heterocycles. The van der Waals surface area contributed by atoms with Crippen molar-refractivity contribution in [3.05, 3.63) is 11.4 Å². The summed E-state index contributed by atoms with van der Waals surface area (Å²) in [6, 6.07) is 0. The smallest absolute Gasteiger partial charge is 0.360 e. The highest BCUT2D eigenvalue weighted by Crippen LogP contribution is 2.15. The summed E-state index contributed by atoms with van der Waals surface area (Å²) in [4.78, 5) is 14.8. The lowest BCUT2D eigenvalue weighted by Crippen LogP contribution is -3.26. The average Bonchev–Trinajstić information content (AvgIpc) is 3.15. The van der Waals surface area contributed by atoms with Gasteiger partial charge >= 0.3 is 5.97 Å². The number of anilines is 1. The highest BCUT2D eigenvalue weighted by molar-refractivity contribution is 5.88. The molecule has 2 aromatic rings. The number of piperazine rings is 1. The van der Waals surface area contributed by atoms with E-state index in [9.17, 15) is 4.79 Å². The van der Waals surface area contributed by atoms with E-state index >= 15 is 0 Å². The van der Waals surface area contributed by atoms with Crippen molar-refractivity contribution in [2.75, 3.05) is 46.1 Å². The van der Waals surface area contributed by atoms with Crippen molar-refractivity contribution in [3.63, 3.8) is 0 Å². The van der Waals surface area contributed by atoms with Crippen molar-refractivity contribution in [2.45, 2.75) is 6.54 Å². The molecule has 1 fully saturated rings. The number of carbonyl (C=O) groups is 1. The van der Waals surface area contributed by atoms with E-state index in [4.69, 9.17) is 10.5 Å². The molecule has 23 heavy (non-hydrogen) atoms. The molecular weight excluding hydrogens is 304 g/mol. The van der Waals surface area contributed by atoms with Crippen LogP contribution in [0.15, 0.2) is 4.63 Å². The normalized spacial score (nSPS) is 21.3. The molecule has 11 heteroatoms. The molecule has 0 radical (unpaired) electrons. The van der Waals surface area contributed by atoms with Crippen molar-refractivity contribution < 1.29 is 24.0 Å². The monoisotopic (exact) mass is 324 g/mol. The Bertz CT molecular complexity index is 688. The van der Waals surface area contributed by atoms with E-state index in [0.717, 1.165) is 26.2 Å².